The van der Waals surface area contributed by atoms with Crippen molar-refractivity contribution in [3.63, 3.8) is 0 Å². The molecule has 0 saturated heterocycles. The van der Waals surface area contributed by atoms with E-state index >= 15 is 0 Å². The van der Waals surface area contributed by atoms with Gasteiger partial charge in [0, 0.05) is 40.3 Å². The van der Waals surface area contributed by atoms with Gasteiger partial charge in [-0.15, -0.1) is 0 Å². The first-order valence-electron chi connectivity index (χ1n) is 12.8. The van der Waals surface area contributed by atoms with Crippen LogP contribution in [0, 0.1) is 0 Å². The predicted octanol–water partition coefficient (Wildman–Crippen LogP) is 3.49. The van der Waals surface area contributed by atoms with Gasteiger partial charge in [0.25, 0.3) is 10.1 Å². The lowest BCUT2D eigenvalue weighted by Crippen LogP contribution is -2.45. The molecule has 0 spiro atoms. The second kappa shape index (κ2) is 8.95. The first-order valence-corrected chi connectivity index (χ1v) is 16.4. The summed E-state index contributed by atoms with van der Waals surface area (Å²) in [6.07, 6.45) is 3.56. The molecule has 0 fully saturated rings. The Morgan fingerprint density at radius 1 is 0.900 bits per heavy atom. The second-order valence-electron chi connectivity index (χ2n) is 10.3. The van der Waals surface area contributed by atoms with Crippen molar-refractivity contribution in [3.05, 3.63) is 91.9 Å². The summed E-state index contributed by atoms with van der Waals surface area (Å²) in [6.45, 7) is 1.91. The molecule has 204 valence electrons. The minimum atomic E-state index is -5.16. The van der Waals surface area contributed by atoms with Crippen molar-refractivity contribution in [2.24, 2.45) is 0 Å². The van der Waals surface area contributed by atoms with Crippen molar-refractivity contribution < 1.29 is 30.7 Å². The van der Waals surface area contributed by atoms with E-state index in [1.165, 1.54) is 6.07 Å². The Labute approximate surface area is 238 Å². The Morgan fingerprint density at radius 2 is 1.65 bits per heavy atom. The molecule has 40 heavy (non-hydrogen) atoms. The number of hydrogen-bond acceptors (Lipinski definition) is 6. The Hall–Kier alpha value is -3.09. The zero-order valence-corrected chi connectivity index (χ0v) is 24.2. The summed E-state index contributed by atoms with van der Waals surface area (Å²) < 4.78 is 80.9. The van der Waals surface area contributed by atoms with Gasteiger partial charge in [0.05, 0.1) is 19.8 Å². The molecule has 4 aromatic rings. The normalized spacial score (nSPS) is 16.3. The standard InChI is InChI=1S/C29H22BrNO7S2/c30-26-19-7-2-1-5-16(19)13-23-25(20-10-9-18(39(32,33)34)15-24(20)40(35,36)37)22-14-17-6-3-11-31-12-4-8-21(27(17)31)28(22)38-29(23)26/h1-2,5,7,9-10,13-15H,3-4,6,8,11-12H2,(H-,32,33,34,35,36,37). The quantitative estimate of drug-likeness (QED) is 0.237. The van der Waals surface area contributed by atoms with Crippen LogP contribution in [0.25, 0.3) is 16.3 Å². The maximum absolute atomic E-state index is 12.6. The third-order valence-corrected chi connectivity index (χ3v) is 10.5. The lowest BCUT2D eigenvalue weighted by atomic mass is 9.87. The second-order valence-corrected chi connectivity index (χ2v) is 13.8. The highest BCUT2D eigenvalue weighted by atomic mass is 79.9. The topological polar surface area (TPSA) is 124 Å². The maximum Gasteiger partial charge on any atom is 0.294 e. The van der Waals surface area contributed by atoms with Gasteiger partial charge < -0.3 is 9.29 Å². The van der Waals surface area contributed by atoms with E-state index in [4.69, 9.17) is 4.74 Å². The van der Waals surface area contributed by atoms with E-state index < -0.39 is 30.0 Å². The molecule has 7 rings (SSSR count). The first kappa shape index (κ1) is 25.8. The van der Waals surface area contributed by atoms with Crippen LogP contribution in [0.5, 0.6) is 11.5 Å². The molecule has 3 aliphatic heterocycles. The average molecular weight is 641 g/mol. The van der Waals surface area contributed by atoms with Gasteiger partial charge in [-0.2, -0.15) is 8.42 Å². The predicted molar refractivity (Wildman–Crippen MR) is 151 cm³/mol. The van der Waals surface area contributed by atoms with E-state index in [1.54, 1.807) is 0 Å². The highest BCUT2D eigenvalue weighted by Crippen LogP contribution is 2.46. The molecular formula is C29H22BrNO7S2. The highest BCUT2D eigenvalue weighted by Gasteiger charge is 2.33. The number of rotatable bonds is 3. The number of halogens is 1. The Morgan fingerprint density at radius 3 is 2.40 bits per heavy atom. The molecule has 0 bridgehead atoms. The molecule has 0 aromatic heterocycles. The fourth-order valence-electron chi connectivity index (χ4n) is 6.32. The fourth-order valence-corrected chi connectivity index (χ4v) is 8.26. The van der Waals surface area contributed by atoms with E-state index in [2.05, 4.69) is 20.5 Å². The monoisotopic (exact) mass is 639 g/mol. The van der Waals surface area contributed by atoms with Crippen LogP contribution in [0.1, 0.15) is 35.1 Å². The number of hydrogen-bond donors (Lipinski definition) is 1. The van der Waals surface area contributed by atoms with Crippen molar-refractivity contribution in [2.75, 3.05) is 13.1 Å². The summed E-state index contributed by atoms with van der Waals surface area (Å²) in [5.41, 5.74) is 3.25. The summed E-state index contributed by atoms with van der Waals surface area (Å²) in [6, 6.07) is 14.7. The highest BCUT2D eigenvalue weighted by molar-refractivity contribution is 9.10. The number of nitrogens with zero attached hydrogens (tertiary/aromatic N) is 1. The van der Waals surface area contributed by atoms with Crippen molar-refractivity contribution in [3.8, 4) is 11.5 Å². The Bertz CT molecular complexity index is 2150. The van der Waals surface area contributed by atoms with E-state index in [-0.39, 0.29) is 5.56 Å². The van der Waals surface area contributed by atoms with Crippen LogP contribution in [0.15, 0.2) is 68.9 Å². The van der Waals surface area contributed by atoms with Gasteiger partial charge in [-0.1, -0.05) is 30.3 Å². The molecule has 0 saturated carbocycles. The molecule has 4 aromatic carbocycles. The van der Waals surface area contributed by atoms with Gasteiger partial charge in [0.1, 0.15) is 34.7 Å². The number of fused-ring (bicyclic) bond motifs is 4. The van der Waals surface area contributed by atoms with Gasteiger partial charge in [0.2, 0.25) is 5.36 Å². The molecule has 8 nitrogen and oxygen atoms in total. The van der Waals surface area contributed by atoms with Gasteiger partial charge in [0.15, 0.2) is 0 Å². The maximum atomic E-state index is 12.6. The van der Waals surface area contributed by atoms with E-state index in [0.717, 1.165) is 78.2 Å². The molecule has 0 atom stereocenters. The van der Waals surface area contributed by atoms with Crippen LogP contribution in [0.3, 0.4) is 0 Å². The smallest absolute Gasteiger partial charge is 0.294 e. The first-order chi connectivity index (χ1) is 19.0. The summed E-state index contributed by atoms with van der Waals surface area (Å²) in [4.78, 5) is -1.40. The van der Waals surface area contributed by atoms with Crippen molar-refractivity contribution in [2.45, 2.75) is 35.5 Å². The minimum absolute atomic E-state index is 0.0472. The lowest BCUT2D eigenvalue weighted by Gasteiger charge is -2.28. The van der Waals surface area contributed by atoms with Gasteiger partial charge in [-0.05, 0) is 63.8 Å². The Kier molecular flexibility index (Phi) is 5.79. The molecule has 0 radical (unpaired) electrons. The number of ether oxygens (including phenoxy) is 1. The van der Waals surface area contributed by atoms with Crippen LogP contribution in [-0.2, 0) is 33.1 Å². The fraction of sp³-hybridized carbons (Fsp3) is 0.207. The van der Waals surface area contributed by atoms with Crippen molar-refractivity contribution in [1.29, 1.82) is 0 Å². The van der Waals surface area contributed by atoms with Crippen molar-refractivity contribution in [1.82, 2.24) is 4.58 Å². The van der Waals surface area contributed by atoms with Crippen LogP contribution in [0.2, 0.25) is 0 Å². The SMILES string of the molecule is O=S(=O)([O-])c1cc(S(=O)(=O)O)ccc1C1=c2cc3c4c(c2Oc2c1cc1ccccc1c2Br)CCC[N+]=4CCC3. The largest absolute Gasteiger partial charge is 0.744 e. The number of benzene rings is 4. The van der Waals surface area contributed by atoms with Crippen LogP contribution < -0.4 is 19.9 Å². The van der Waals surface area contributed by atoms with Gasteiger partial charge >= 0.3 is 0 Å². The molecular weight excluding hydrogens is 618 g/mol. The van der Waals surface area contributed by atoms with E-state index in [1.807, 2.05) is 36.4 Å². The third-order valence-electron chi connectivity index (χ3n) is 7.95. The zero-order valence-electron chi connectivity index (χ0n) is 21.0. The summed E-state index contributed by atoms with van der Waals surface area (Å²) in [5.74, 6) is 1.09. The Balaban J connectivity index is 1.70. The van der Waals surface area contributed by atoms with E-state index in [9.17, 15) is 25.9 Å². The van der Waals surface area contributed by atoms with Gasteiger partial charge in [-0.25, -0.2) is 13.0 Å². The lowest BCUT2D eigenvalue weighted by molar-refractivity contribution is 0.436. The molecule has 3 heterocycles. The zero-order chi connectivity index (χ0) is 28.0. The van der Waals surface area contributed by atoms with Crippen LogP contribution >= 0.6 is 15.9 Å². The summed E-state index contributed by atoms with van der Waals surface area (Å²) in [5, 5.41) is 3.57. The molecule has 11 heteroatoms. The minimum Gasteiger partial charge on any atom is -0.744 e. The number of aryl methyl sites for hydroxylation is 1. The van der Waals surface area contributed by atoms with Crippen LogP contribution in [-0.4, -0.2) is 39.0 Å². The van der Waals surface area contributed by atoms with Gasteiger partial charge in [-0.3, -0.25) is 4.55 Å². The van der Waals surface area contributed by atoms with Crippen LogP contribution in [0.4, 0.5) is 0 Å². The molecule has 0 aliphatic carbocycles. The summed E-state index contributed by atoms with van der Waals surface area (Å²) >= 11 is 3.72. The van der Waals surface area contributed by atoms with Crippen molar-refractivity contribution >= 4 is 52.5 Å². The third kappa shape index (κ3) is 3.94. The molecule has 0 amide bonds. The summed E-state index contributed by atoms with van der Waals surface area (Å²) in [7, 11) is -9.92. The van der Waals surface area contributed by atoms with E-state index in [0.29, 0.717) is 32.3 Å². The molecule has 1 N–H and O–H groups in total. The molecule has 0 unspecified atom stereocenters. The average Bonchev–Trinajstić information content (AvgIpc) is 2.91. The molecule has 3 aliphatic rings.